The Labute approximate surface area is 128 Å². The van der Waals surface area contributed by atoms with Crippen molar-refractivity contribution in [1.29, 1.82) is 0 Å². The Kier molecular flexibility index (Phi) is 6.21. The average molecular weight is 292 g/mol. The molecule has 0 heterocycles. The number of aliphatic hydroxyl groups is 1. The smallest absolute Gasteiger partial charge is 0.319 e. The van der Waals surface area contributed by atoms with E-state index in [-0.39, 0.29) is 24.1 Å². The molecule has 0 radical (unpaired) electrons. The number of carbonyl (C=O) groups is 1. The molecule has 4 nitrogen and oxygen atoms in total. The average Bonchev–Trinajstić information content (AvgIpc) is 2.36. The Balaban J connectivity index is 2.58. The number of amides is 2. The van der Waals surface area contributed by atoms with Crippen LogP contribution in [0.5, 0.6) is 0 Å². The Morgan fingerprint density at radius 1 is 1.19 bits per heavy atom. The monoisotopic (exact) mass is 292 g/mol. The fourth-order valence-corrected chi connectivity index (χ4v) is 2.15. The number of carbonyl (C=O) groups excluding carboxylic acids is 1. The number of aliphatic hydroxyl groups excluding tert-OH is 1. The summed E-state index contributed by atoms with van der Waals surface area (Å²) < 4.78 is 0. The van der Waals surface area contributed by atoms with E-state index in [1.54, 1.807) is 0 Å². The topological polar surface area (TPSA) is 61.4 Å². The Bertz CT molecular complexity index is 447. The second kappa shape index (κ2) is 7.46. The normalized spacial score (nSPS) is 13.1. The number of nitrogens with one attached hydrogen (secondary N) is 2. The molecule has 0 saturated carbocycles. The molecule has 1 rings (SSSR count). The number of hydrogen-bond acceptors (Lipinski definition) is 2. The number of rotatable bonds is 5. The molecule has 0 aliphatic heterocycles. The molecule has 0 bridgehead atoms. The predicted octanol–water partition coefficient (Wildman–Crippen LogP) is 3.51. The van der Waals surface area contributed by atoms with Crippen LogP contribution in [0.25, 0.3) is 0 Å². The van der Waals surface area contributed by atoms with E-state index < -0.39 is 0 Å². The van der Waals surface area contributed by atoms with Gasteiger partial charge in [0.05, 0.1) is 12.6 Å². The lowest BCUT2D eigenvalue weighted by atomic mass is 9.87. The van der Waals surface area contributed by atoms with Gasteiger partial charge in [0, 0.05) is 5.69 Å². The van der Waals surface area contributed by atoms with Crippen molar-refractivity contribution in [2.24, 2.45) is 5.92 Å². The van der Waals surface area contributed by atoms with Gasteiger partial charge in [0.15, 0.2) is 0 Å². The minimum Gasteiger partial charge on any atom is -0.394 e. The van der Waals surface area contributed by atoms with E-state index in [9.17, 15) is 9.90 Å². The van der Waals surface area contributed by atoms with Gasteiger partial charge in [-0.3, -0.25) is 0 Å². The van der Waals surface area contributed by atoms with Crippen LogP contribution in [0.2, 0.25) is 0 Å². The maximum atomic E-state index is 11.9. The summed E-state index contributed by atoms with van der Waals surface area (Å²) >= 11 is 0. The summed E-state index contributed by atoms with van der Waals surface area (Å²) in [5.41, 5.74) is 2.07. The standard InChI is InChI=1S/C17H28N2O2/c1-12(2)10-15(11-20)19-16(21)18-14-8-6-13(7-9-14)17(3,4)5/h6-9,12,15,20H,10-11H2,1-5H3,(H2,18,19,21). The van der Waals surface area contributed by atoms with Gasteiger partial charge in [0.1, 0.15) is 0 Å². The van der Waals surface area contributed by atoms with E-state index >= 15 is 0 Å². The largest absolute Gasteiger partial charge is 0.394 e. The highest BCUT2D eigenvalue weighted by molar-refractivity contribution is 5.89. The fourth-order valence-electron chi connectivity index (χ4n) is 2.15. The lowest BCUT2D eigenvalue weighted by Gasteiger charge is -2.20. The fraction of sp³-hybridized carbons (Fsp3) is 0.588. The summed E-state index contributed by atoms with van der Waals surface area (Å²) in [4.78, 5) is 11.9. The summed E-state index contributed by atoms with van der Waals surface area (Å²) in [6.07, 6.45) is 0.757. The van der Waals surface area contributed by atoms with Crippen molar-refractivity contribution in [1.82, 2.24) is 5.32 Å². The summed E-state index contributed by atoms with van der Waals surface area (Å²) in [5, 5.41) is 14.9. The molecule has 1 atom stereocenters. The maximum Gasteiger partial charge on any atom is 0.319 e. The SMILES string of the molecule is CC(C)CC(CO)NC(=O)Nc1ccc(C(C)(C)C)cc1. The molecule has 1 aromatic rings. The van der Waals surface area contributed by atoms with Gasteiger partial charge in [0.2, 0.25) is 0 Å². The molecule has 0 fully saturated rings. The minimum atomic E-state index is -0.279. The van der Waals surface area contributed by atoms with Crippen molar-refractivity contribution in [3.05, 3.63) is 29.8 Å². The lowest BCUT2D eigenvalue weighted by Crippen LogP contribution is -2.40. The Hall–Kier alpha value is -1.55. The first-order chi connectivity index (χ1) is 9.72. The van der Waals surface area contributed by atoms with Crippen LogP contribution in [-0.4, -0.2) is 23.8 Å². The molecule has 0 aromatic heterocycles. The van der Waals surface area contributed by atoms with Gasteiger partial charge in [-0.1, -0.05) is 46.8 Å². The quantitative estimate of drug-likeness (QED) is 0.777. The molecule has 0 spiro atoms. The molecule has 3 N–H and O–H groups in total. The third-order valence-electron chi connectivity index (χ3n) is 3.32. The van der Waals surface area contributed by atoms with Crippen LogP contribution in [0.15, 0.2) is 24.3 Å². The third kappa shape index (κ3) is 6.17. The minimum absolute atomic E-state index is 0.0471. The van der Waals surface area contributed by atoms with E-state index in [1.807, 2.05) is 24.3 Å². The van der Waals surface area contributed by atoms with Crippen LogP contribution < -0.4 is 10.6 Å². The highest BCUT2D eigenvalue weighted by Gasteiger charge is 2.15. The number of anilines is 1. The summed E-state index contributed by atoms with van der Waals surface area (Å²) in [6, 6.07) is 7.35. The zero-order chi connectivity index (χ0) is 16.0. The van der Waals surface area contributed by atoms with Crippen LogP contribution in [0.1, 0.15) is 46.6 Å². The van der Waals surface area contributed by atoms with E-state index in [2.05, 4.69) is 45.3 Å². The van der Waals surface area contributed by atoms with Crippen molar-refractivity contribution in [2.75, 3.05) is 11.9 Å². The van der Waals surface area contributed by atoms with Gasteiger partial charge >= 0.3 is 6.03 Å². The number of hydrogen-bond donors (Lipinski definition) is 3. The zero-order valence-corrected chi connectivity index (χ0v) is 13.7. The first kappa shape index (κ1) is 17.5. The van der Waals surface area contributed by atoms with Gasteiger partial charge in [-0.05, 0) is 35.4 Å². The van der Waals surface area contributed by atoms with Gasteiger partial charge in [0.25, 0.3) is 0 Å². The number of benzene rings is 1. The number of urea groups is 1. The molecular formula is C17H28N2O2. The van der Waals surface area contributed by atoms with Crippen molar-refractivity contribution in [2.45, 2.75) is 52.5 Å². The van der Waals surface area contributed by atoms with Gasteiger partial charge in [-0.25, -0.2) is 4.79 Å². The van der Waals surface area contributed by atoms with Crippen LogP contribution in [0, 0.1) is 5.92 Å². The summed E-state index contributed by atoms with van der Waals surface area (Å²) in [6.45, 7) is 10.5. The summed E-state index contributed by atoms with van der Waals surface area (Å²) in [7, 11) is 0. The molecule has 1 aromatic carbocycles. The molecule has 0 aliphatic carbocycles. The Morgan fingerprint density at radius 2 is 1.76 bits per heavy atom. The van der Waals surface area contributed by atoms with E-state index in [0.717, 1.165) is 12.1 Å². The summed E-state index contributed by atoms with van der Waals surface area (Å²) in [5.74, 6) is 0.425. The molecule has 118 valence electrons. The van der Waals surface area contributed by atoms with E-state index in [4.69, 9.17) is 0 Å². The van der Waals surface area contributed by atoms with Crippen molar-refractivity contribution >= 4 is 11.7 Å². The third-order valence-corrected chi connectivity index (χ3v) is 3.32. The van der Waals surface area contributed by atoms with Crippen molar-refractivity contribution in [3.63, 3.8) is 0 Å². The lowest BCUT2D eigenvalue weighted by molar-refractivity contribution is 0.214. The van der Waals surface area contributed by atoms with E-state index in [1.165, 1.54) is 5.56 Å². The van der Waals surface area contributed by atoms with Crippen molar-refractivity contribution in [3.8, 4) is 0 Å². The second-order valence-corrected chi connectivity index (χ2v) is 6.93. The second-order valence-electron chi connectivity index (χ2n) is 6.93. The van der Waals surface area contributed by atoms with Crippen LogP contribution >= 0.6 is 0 Å². The van der Waals surface area contributed by atoms with E-state index in [0.29, 0.717) is 5.92 Å². The zero-order valence-electron chi connectivity index (χ0n) is 13.7. The van der Waals surface area contributed by atoms with Gasteiger partial charge in [-0.2, -0.15) is 0 Å². The predicted molar refractivity (Wildman–Crippen MR) is 87.6 cm³/mol. The van der Waals surface area contributed by atoms with Gasteiger partial charge < -0.3 is 15.7 Å². The van der Waals surface area contributed by atoms with Gasteiger partial charge in [-0.15, -0.1) is 0 Å². The molecule has 4 heteroatoms. The molecule has 0 saturated heterocycles. The van der Waals surface area contributed by atoms with Crippen molar-refractivity contribution < 1.29 is 9.90 Å². The molecule has 21 heavy (non-hydrogen) atoms. The molecule has 1 unspecified atom stereocenters. The molecule has 0 aliphatic rings. The molecule has 2 amide bonds. The highest BCUT2D eigenvalue weighted by Crippen LogP contribution is 2.23. The molecular weight excluding hydrogens is 264 g/mol. The highest BCUT2D eigenvalue weighted by atomic mass is 16.3. The first-order valence-electron chi connectivity index (χ1n) is 7.51. The Morgan fingerprint density at radius 3 is 2.19 bits per heavy atom. The maximum absolute atomic E-state index is 11.9. The first-order valence-corrected chi connectivity index (χ1v) is 7.51. The van der Waals surface area contributed by atoms with Crippen LogP contribution in [0.4, 0.5) is 10.5 Å². The van der Waals surface area contributed by atoms with Crippen LogP contribution in [0.3, 0.4) is 0 Å². The van der Waals surface area contributed by atoms with Crippen LogP contribution in [-0.2, 0) is 5.41 Å².